The lowest BCUT2D eigenvalue weighted by atomic mass is 10.1. The SMILES string of the molecule is CC/C=C/OCC(=O)N[C@@H](C/C=C/CCO)C(=O)NC. The standard InChI is InChI=1S/C14H24N2O4/c1-3-4-10-20-11-13(18)16-12(14(19)15-2)8-6-5-7-9-17/h4-6,10,12,17H,3,7-9,11H2,1-2H3,(H,15,19)(H,16,18)/b6-5+,10-4+/t12-/m0/s1. The summed E-state index contributed by atoms with van der Waals surface area (Å²) in [6.07, 6.45) is 8.52. The molecule has 0 aliphatic heterocycles. The average molecular weight is 284 g/mol. The Morgan fingerprint density at radius 1 is 1.30 bits per heavy atom. The van der Waals surface area contributed by atoms with Crippen LogP contribution in [0.4, 0.5) is 0 Å². The molecule has 0 saturated heterocycles. The van der Waals surface area contributed by atoms with Crippen LogP contribution in [-0.4, -0.2) is 43.2 Å². The fourth-order valence-corrected chi connectivity index (χ4v) is 1.35. The van der Waals surface area contributed by atoms with E-state index in [4.69, 9.17) is 9.84 Å². The van der Waals surface area contributed by atoms with E-state index in [2.05, 4.69) is 10.6 Å². The van der Waals surface area contributed by atoms with Crippen molar-refractivity contribution in [2.45, 2.75) is 32.2 Å². The number of likely N-dealkylation sites (N-methyl/N-ethyl adjacent to an activating group) is 1. The van der Waals surface area contributed by atoms with E-state index in [0.717, 1.165) is 6.42 Å². The number of ether oxygens (including phenoxy) is 1. The topological polar surface area (TPSA) is 87.7 Å². The second kappa shape index (κ2) is 12.2. The maximum absolute atomic E-state index is 11.6. The molecule has 2 amide bonds. The third-order valence-electron chi connectivity index (χ3n) is 2.37. The summed E-state index contributed by atoms with van der Waals surface area (Å²) in [6.45, 7) is 1.90. The molecule has 0 rings (SSSR count). The Morgan fingerprint density at radius 3 is 2.65 bits per heavy atom. The van der Waals surface area contributed by atoms with Crippen LogP contribution in [0.1, 0.15) is 26.2 Å². The van der Waals surface area contributed by atoms with E-state index in [-0.39, 0.29) is 25.0 Å². The molecule has 20 heavy (non-hydrogen) atoms. The van der Waals surface area contributed by atoms with Crippen molar-refractivity contribution < 1.29 is 19.4 Å². The summed E-state index contributed by atoms with van der Waals surface area (Å²) < 4.78 is 5.02. The van der Waals surface area contributed by atoms with Crippen LogP contribution in [0, 0.1) is 0 Å². The molecule has 6 nitrogen and oxygen atoms in total. The molecule has 1 atom stereocenters. The van der Waals surface area contributed by atoms with Crippen molar-refractivity contribution in [1.29, 1.82) is 0 Å². The van der Waals surface area contributed by atoms with Crippen LogP contribution in [0.5, 0.6) is 0 Å². The van der Waals surface area contributed by atoms with Gasteiger partial charge in [-0.3, -0.25) is 9.59 Å². The number of nitrogens with one attached hydrogen (secondary N) is 2. The summed E-state index contributed by atoms with van der Waals surface area (Å²) >= 11 is 0. The number of carbonyl (C=O) groups excluding carboxylic acids is 2. The lowest BCUT2D eigenvalue weighted by Crippen LogP contribution is -2.46. The van der Waals surface area contributed by atoms with Crippen LogP contribution < -0.4 is 10.6 Å². The van der Waals surface area contributed by atoms with E-state index in [9.17, 15) is 9.59 Å². The van der Waals surface area contributed by atoms with E-state index >= 15 is 0 Å². The molecule has 0 aromatic heterocycles. The zero-order chi connectivity index (χ0) is 15.2. The first-order valence-corrected chi connectivity index (χ1v) is 6.69. The van der Waals surface area contributed by atoms with Gasteiger partial charge in [-0.2, -0.15) is 0 Å². The van der Waals surface area contributed by atoms with Gasteiger partial charge in [0.05, 0.1) is 6.26 Å². The van der Waals surface area contributed by atoms with Gasteiger partial charge >= 0.3 is 0 Å². The van der Waals surface area contributed by atoms with Crippen LogP contribution in [-0.2, 0) is 14.3 Å². The number of carbonyl (C=O) groups is 2. The average Bonchev–Trinajstić information content (AvgIpc) is 2.46. The lowest BCUT2D eigenvalue weighted by molar-refractivity contribution is -0.130. The van der Waals surface area contributed by atoms with Crippen LogP contribution in [0.2, 0.25) is 0 Å². The first-order chi connectivity index (χ1) is 9.65. The summed E-state index contributed by atoms with van der Waals surface area (Å²) in [4.78, 5) is 23.2. The zero-order valence-electron chi connectivity index (χ0n) is 12.1. The maximum Gasteiger partial charge on any atom is 0.258 e. The summed E-state index contributed by atoms with van der Waals surface area (Å²) in [5.41, 5.74) is 0. The van der Waals surface area contributed by atoms with E-state index in [1.54, 1.807) is 18.2 Å². The summed E-state index contributed by atoms with van der Waals surface area (Å²) in [6, 6.07) is -0.638. The Balaban J connectivity index is 4.24. The highest BCUT2D eigenvalue weighted by molar-refractivity contribution is 5.88. The summed E-state index contributed by atoms with van der Waals surface area (Å²) in [7, 11) is 1.51. The molecule has 0 radical (unpaired) electrons. The van der Waals surface area contributed by atoms with Crippen molar-refractivity contribution in [3.05, 3.63) is 24.5 Å². The number of hydrogen-bond donors (Lipinski definition) is 3. The smallest absolute Gasteiger partial charge is 0.258 e. The third-order valence-corrected chi connectivity index (χ3v) is 2.37. The minimum atomic E-state index is -0.638. The Morgan fingerprint density at radius 2 is 2.05 bits per heavy atom. The van der Waals surface area contributed by atoms with Crippen molar-refractivity contribution in [3.8, 4) is 0 Å². The number of aliphatic hydroxyl groups is 1. The Bertz CT molecular complexity index is 340. The molecular weight excluding hydrogens is 260 g/mol. The highest BCUT2D eigenvalue weighted by Gasteiger charge is 2.17. The van der Waals surface area contributed by atoms with Gasteiger partial charge in [0, 0.05) is 13.7 Å². The first kappa shape index (κ1) is 18.2. The van der Waals surface area contributed by atoms with E-state index in [1.807, 2.05) is 6.92 Å². The van der Waals surface area contributed by atoms with Crippen molar-refractivity contribution in [1.82, 2.24) is 10.6 Å². The largest absolute Gasteiger partial charge is 0.492 e. The third kappa shape index (κ3) is 9.16. The van der Waals surface area contributed by atoms with Gasteiger partial charge < -0.3 is 20.5 Å². The van der Waals surface area contributed by atoms with Crippen molar-refractivity contribution in [2.75, 3.05) is 20.3 Å². The van der Waals surface area contributed by atoms with E-state index < -0.39 is 6.04 Å². The molecule has 0 spiro atoms. The molecule has 0 fully saturated rings. The van der Waals surface area contributed by atoms with E-state index in [1.165, 1.54) is 13.3 Å². The fourth-order valence-electron chi connectivity index (χ4n) is 1.35. The van der Waals surface area contributed by atoms with Gasteiger partial charge in [0.2, 0.25) is 5.91 Å². The number of amides is 2. The molecule has 3 N–H and O–H groups in total. The first-order valence-electron chi connectivity index (χ1n) is 6.69. The predicted molar refractivity (Wildman–Crippen MR) is 76.8 cm³/mol. The Kier molecular flexibility index (Phi) is 11.1. The molecule has 0 aromatic rings. The van der Waals surface area contributed by atoms with Crippen molar-refractivity contribution in [2.24, 2.45) is 0 Å². The minimum Gasteiger partial charge on any atom is -0.492 e. The minimum absolute atomic E-state index is 0.0606. The fraction of sp³-hybridized carbons (Fsp3) is 0.571. The highest BCUT2D eigenvalue weighted by Crippen LogP contribution is 1.96. The van der Waals surface area contributed by atoms with Crippen LogP contribution in [0.3, 0.4) is 0 Å². The number of rotatable bonds is 10. The molecule has 0 unspecified atom stereocenters. The highest BCUT2D eigenvalue weighted by atomic mass is 16.5. The van der Waals surface area contributed by atoms with Crippen molar-refractivity contribution in [3.63, 3.8) is 0 Å². The van der Waals surface area contributed by atoms with E-state index in [0.29, 0.717) is 12.8 Å². The lowest BCUT2D eigenvalue weighted by Gasteiger charge is -2.15. The summed E-state index contributed by atoms with van der Waals surface area (Å²) in [5, 5.41) is 13.7. The van der Waals surface area contributed by atoms with Gasteiger partial charge in [0.15, 0.2) is 6.61 Å². The Hall–Kier alpha value is -1.82. The number of allylic oxidation sites excluding steroid dienone is 1. The molecule has 0 aromatic carbocycles. The van der Waals surface area contributed by atoms with Gasteiger partial charge in [0.1, 0.15) is 6.04 Å². The molecule has 0 heterocycles. The normalized spacial score (nSPS) is 12.6. The molecule has 6 heteroatoms. The van der Waals surface area contributed by atoms with Crippen LogP contribution >= 0.6 is 0 Å². The molecule has 0 saturated carbocycles. The van der Waals surface area contributed by atoms with Crippen molar-refractivity contribution >= 4 is 11.8 Å². The maximum atomic E-state index is 11.6. The number of aliphatic hydroxyl groups excluding tert-OH is 1. The molecule has 0 bridgehead atoms. The molecule has 0 aliphatic rings. The quantitative estimate of drug-likeness (QED) is 0.402. The van der Waals surface area contributed by atoms with Gasteiger partial charge in [-0.15, -0.1) is 0 Å². The monoisotopic (exact) mass is 284 g/mol. The van der Waals surface area contributed by atoms with Gasteiger partial charge in [-0.05, 0) is 19.3 Å². The zero-order valence-corrected chi connectivity index (χ0v) is 12.1. The van der Waals surface area contributed by atoms with Crippen LogP contribution in [0.15, 0.2) is 24.5 Å². The summed E-state index contributed by atoms with van der Waals surface area (Å²) in [5.74, 6) is -0.619. The second-order valence-electron chi connectivity index (χ2n) is 4.04. The number of hydrogen-bond acceptors (Lipinski definition) is 4. The second-order valence-corrected chi connectivity index (χ2v) is 4.04. The molecule has 114 valence electrons. The molecular formula is C14H24N2O4. The van der Waals surface area contributed by atoms with Gasteiger partial charge in [-0.25, -0.2) is 0 Å². The van der Waals surface area contributed by atoms with Crippen LogP contribution in [0.25, 0.3) is 0 Å². The van der Waals surface area contributed by atoms with Gasteiger partial charge in [0.25, 0.3) is 5.91 Å². The Labute approximate surface area is 119 Å². The molecule has 0 aliphatic carbocycles. The predicted octanol–water partition coefficient (Wildman–Crippen LogP) is 0.486. The van der Waals surface area contributed by atoms with Gasteiger partial charge in [-0.1, -0.05) is 25.2 Å².